The summed E-state index contributed by atoms with van der Waals surface area (Å²) in [6.45, 7) is -0.401. The topological polar surface area (TPSA) is 86.3 Å². The number of hydrogen-bond donors (Lipinski definition) is 1. The average molecular weight is 414 g/mol. The van der Waals surface area contributed by atoms with E-state index in [4.69, 9.17) is 18.9 Å². The third-order valence-electron chi connectivity index (χ3n) is 4.15. The standard InChI is InChI=1S/C22H26N2O6/c1-24(2)17-9-7-16(8-10-17)23-21(25)14-30-22(26)11-6-15-12-19(28-4)20(29-5)13-18(15)27-3/h6-13H,14H2,1-5H3,(H,23,25)/b11-6+. The molecule has 0 radical (unpaired) electrons. The Balaban J connectivity index is 1.93. The predicted molar refractivity (Wildman–Crippen MR) is 115 cm³/mol. The summed E-state index contributed by atoms with van der Waals surface area (Å²) in [4.78, 5) is 25.9. The number of rotatable bonds is 9. The quantitative estimate of drug-likeness (QED) is 0.499. The second-order valence-electron chi connectivity index (χ2n) is 6.38. The van der Waals surface area contributed by atoms with Crippen LogP contribution in [0.25, 0.3) is 6.08 Å². The van der Waals surface area contributed by atoms with E-state index in [1.807, 2.05) is 31.1 Å². The van der Waals surface area contributed by atoms with Gasteiger partial charge in [-0.15, -0.1) is 0 Å². The van der Waals surface area contributed by atoms with E-state index in [1.165, 1.54) is 33.5 Å². The van der Waals surface area contributed by atoms with Crippen molar-refractivity contribution in [2.45, 2.75) is 0 Å². The lowest BCUT2D eigenvalue weighted by Gasteiger charge is -2.13. The maximum absolute atomic E-state index is 12.0. The number of nitrogens with one attached hydrogen (secondary N) is 1. The zero-order valence-electron chi connectivity index (χ0n) is 17.7. The summed E-state index contributed by atoms with van der Waals surface area (Å²) >= 11 is 0. The average Bonchev–Trinajstić information content (AvgIpc) is 2.75. The van der Waals surface area contributed by atoms with Crippen LogP contribution >= 0.6 is 0 Å². The molecule has 0 saturated heterocycles. The molecule has 0 aromatic heterocycles. The summed E-state index contributed by atoms with van der Waals surface area (Å²) in [5.74, 6) is 0.397. The van der Waals surface area contributed by atoms with E-state index >= 15 is 0 Å². The van der Waals surface area contributed by atoms with Crippen molar-refractivity contribution in [3.05, 3.63) is 48.0 Å². The van der Waals surface area contributed by atoms with Crippen molar-refractivity contribution < 1.29 is 28.5 Å². The lowest BCUT2D eigenvalue weighted by molar-refractivity contribution is -0.142. The number of methoxy groups -OCH3 is 3. The van der Waals surface area contributed by atoms with Crippen LogP contribution in [0.2, 0.25) is 0 Å². The SMILES string of the molecule is COc1cc(OC)c(OC)cc1/C=C/C(=O)OCC(=O)Nc1ccc(N(C)C)cc1. The van der Waals surface area contributed by atoms with Crippen LogP contribution in [-0.2, 0) is 14.3 Å². The maximum atomic E-state index is 12.0. The van der Waals surface area contributed by atoms with E-state index in [2.05, 4.69) is 5.32 Å². The third kappa shape index (κ3) is 6.16. The molecule has 30 heavy (non-hydrogen) atoms. The van der Waals surface area contributed by atoms with Gasteiger partial charge in [-0.2, -0.15) is 0 Å². The zero-order valence-corrected chi connectivity index (χ0v) is 17.7. The Labute approximate surface area is 176 Å². The molecule has 0 fully saturated rings. The molecule has 0 heterocycles. The molecule has 0 spiro atoms. The minimum absolute atomic E-state index is 0.401. The van der Waals surface area contributed by atoms with Crippen LogP contribution in [0.15, 0.2) is 42.5 Å². The molecule has 2 aromatic carbocycles. The van der Waals surface area contributed by atoms with Gasteiger partial charge in [-0.25, -0.2) is 4.79 Å². The fourth-order valence-corrected chi connectivity index (χ4v) is 2.57. The Morgan fingerprint density at radius 3 is 2.10 bits per heavy atom. The lowest BCUT2D eigenvalue weighted by Crippen LogP contribution is -2.20. The number of esters is 1. The van der Waals surface area contributed by atoms with Gasteiger partial charge in [0.15, 0.2) is 18.1 Å². The van der Waals surface area contributed by atoms with E-state index in [0.29, 0.717) is 28.5 Å². The summed E-state index contributed by atoms with van der Waals surface area (Å²) < 4.78 is 20.8. The molecular formula is C22H26N2O6. The summed E-state index contributed by atoms with van der Waals surface area (Å²) in [5, 5.41) is 2.67. The number of carbonyl (C=O) groups is 2. The Hall–Kier alpha value is -3.68. The fourth-order valence-electron chi connectivity index (χ4n) is 2.57. The van der Waals surface area contributed by atoms with E-state index in [0.717, 1.165) is 5.69 Å². The number of nitrogens with zero attached hydrogens (tertiary/aromatic N) is 1. The maximum Gasteiger partial charge on any atom is 0.331 e. The molecule has 0 bridgehead atoms. The summed E-state index contributed by atoms with van der Waals surface area (Å²) in [7, 11) is 8.40. The molecule has 0 aliphatic heterocycles. The van der Waals surface area contributed by atoms with Gasteiger partial charge in [0, 0.05) is 43.2 Å². The number of amides is 1. The molecule has 0 unspecified atom stereocenters. The molecule has 0 atom stereocenters. The number of hydrogen-bond acceptors (Lipinski definition) is 7. The van der Waals surface area contributed by atoms with Gasteiger partial charge < -0.3 is 29.2 Å². The van der Waals surface area contributed by atoms with Crippen molar-refractivity contribution in [3.8, 4) is 17.2 Å². The molecular weight excluding hydrogens is 388 g/mol. The largest absolute Gasteiger partial charge is 0.496 e. The Kier molecular flexibility index (Phi) is 8.10. The first-order chi connectivity index (χ1) is 14.4. The highest BCUT2D eigenvalue weighted by Gasteiger charge is 2.11. The van der Waals surface area contributed by atoms with Gasteiger partial charge in [-0.05, 0) is 36.4 Å². The van der Waals surface area contributed by atoms with E-state index in [9.17, 15) is 9.59 Å². The summed E-state index contributed by atoms with van der Waals surface area (Å²) in [6, 6.07) is 10.6. The monoisotopic (exact) mass is 414 g/mol. The van der Waals surface area contributed by atoms with Crippen LogP contribution in [0.3, 0.4) is 0 Å². The van der Waals surface area contributed by atoms with E-state index < -0.39 is 18.5 Å². The minimum atomic E-state index is -0.662. The zero-order chi connectivity index (χ0) is 22.1. The molecule has 2 rings (SSSR count). The van der Waals surface area contributed by atoms with Crippen LogP contribution in [0.1, 0.15) is 5.56 Å². The number of carbonyl (C=O) groups excluding carboxylic acids is 2. The van der Waals surface area contributed by atoms with Crippen molar-refractivity contribution in [1.82, 2.24) is 0 Å². The fraction of sp³-hybridized carbons (Fsp3) is 0.273. The second-order valence-corrected chi connectivity index (χ2v) is 6.38. The molecule has 160 valence electrons. The highest BCUT2D eigenvalue weighted by Crippen LogP contribution is 2.35. The Morgan fingerprint density at radius 2 is 1.53 bits per heavy atom. The van der Waals surface area contributed by atoms with Gasteiger partial charge in [-0.3, -0.25) is 4.79 Å². The van der Waals surface area contributed by atoms with E-state index in [1.54, 1.807) is 24.3 Å². The highest BCUT2D eigenvalue weighted by atomic mass is 16.5. The second kappa shape index (κ2) is 10.8. The van der Waals surface area contributed by atoms with Crippen molar-refractivity contribution >= 4 is 29.3 Å². The third-order valence-corrected chi connectivity index (χ3v) is 4.15. The van der Waals surface area contributed by atoms with Crippen LogP contribution in [0.5, 0.6) is 17.2 Å². The smallest absolute Gasteiger partial charge is 0.331 e. The van der Waals surface area contributed by atoms with Gasteiger partial charge >= 0.3 is 5.97 Å². The molecule has 8 nitrogen and oxygen atoms in total. The summed E-state index contributed by atoms with van der Waals surface area (Å²) in [6.07, 6.45) is 2.73. The number of ether oxygens (including phenoxy) is 4. The van der Waals surface area contributed by atoms with Crippen molar-refractivity contribution in [3.63, 3.8) is 0 Å². The minimum Gasteiger partial charge on any atom is -0.496 e. The van der Waals surface area contributed by atoms with Crippen LogP contribution in [0, 0.1) is 0 Å². The molecule has 1 amide bonds. The normalized spacial score (nSPS) is 10.4. The highest BCUT2D eigenvalue weighted by molar-refractivity contribution is 5.95. The van der Waals surface area contributed by atoms with E-state index in [-0.39, 0.29) is 0 Å². The molecule has 0 saturated carbocycles. The summed E-state index contributed by atoms with van der Waals surface area (Å²) in [5.41, 5.74) is 2.22. The first-order valence-corrected chi connectivity index (χ1v) is 9.10. The molecule has 0 aliphatic carbocycles. The number of anilines is 2. The van der Waals surface area contributed by atoms with Crippen LogP contribution in [-0.4, -0.2) is 53.9 Å². The van der Waals surface area contributed by atoms with Crippen molar-refractivity contribution in [2.24, 2.45) is 0 Å². The molecule has 1 N–H and O–H groups in total. The Bertz CT molecular complexity index is 907. The van der Waals surface area contributed by atoms with Gasteiger partial charge in [0.1, 0.15) is 5.75 Å². The lowest BCUT2D eigenvalue weighted by atomic mass is 10.1. The van der Waals surface area contributed by atoms with Gasteiger partial charge in [0.2, 0.25) is 0 Å². The van der Waals surface area contributed by atoms with Gasteiger partial charge in [-0.1, -0.05) is 0 Å². The van der Waals surface area contributed by atoms with Crippen molar-refractivity contribution in [1.29, 1.82) is 0 Å². The van der Waals surface area contributed by atoms with Gasteiger partial charge in [0.05, 0.1) is 21.3 Å². The van der Waals surface area contributed by atoms with Gasteiger partial charge in [0.25, 0.3) is 5.91 Å². The molecule has 8 heteroatoms. The van der Waals surface area contributed by atoms with Crippen LogP contribution in [0.4, 0.5) is 11.4 Å². The predicted octanol–water partition coefficient (Wildman–Crippen LogP) is 2.97. The molecule has 0 aliphatic rings. The van der Waals surface area contributed by atoms with Crippen molar-refractivity contribution in [2.75, 3.05) is 52.2 Å². The van der Waals surface area contributed by atoms with Crippen LogP contribution < -0.4 is 24.4 Å². The first kappa shape index (κ1) is 22.6. The number of benzene rings is 2. The Morgan fingerprint density at radius 1 is 0.933 bits per heavy atom. The first-order valence-electron chi connectivity index (χ1n) is 9.10. The molecule has 2 aromatic rings.